The second-order valence-corrected chi connectivity index (χ2v) is 8.11. The number of carbonyl (C=O) groups is 1. The van der Waals surface area contributed by atoms with E-state index in [0.29, 0.717) is 38.9 Å². The van der Waals surface area contributed by atoms with Crippen molar-refractivity contribution >= 4 is 40.1 Å². The first-order chi connectivity index (χ1) is 15.4. The lowest BCUT2D eigenvalue weighted by molar-refractivity contribution is 0.0941. The third kappa shape index (κ3) is 4.85. The van der Waals surface area contributed by atoms with Gasteiger partial charge >= 0.3 is 0 Å². The zero-order valence-corrected chi connectivity index (χ0v) is 18.6. The van der Waals surface area contributed by atoms with Crippen LogP contribution in [0.25, 0.3) is 11.0 Å². The van der Waals surface area contributed by atoms with Crippen molar-refractivity contribution in [1.82, 2.24) is 20.3 Å². The molecule has 0 spiro atoms. The summed E-state index contributed by atoms with van der Waals surface area (Å²) in [7, 11) is 0. The van der Waals surface area contributed by atoms with E-state index in [1.165, 1.54) is 0 Å². The van der Waals surface area contributed by atoms with Crippen molar-refractivity contribution in [2.45, 2.75) is 19.5 Å². The van der Waals surface area contributed by atoms with E-state index in [4.69, 9.17) is 33.0 Å². The van der Waals surface area contributed by atoms with Gasteiger partial charge in [0.05, 0.1) is 18.2 Å². The summed E-state index contributed by atoms with van der Waals surface area (Å²) in [5.41, 5.74) is 3.32. The number of halogens is 2. The van der Waals surface area contributed by atoms with Crippen LogP contribution in [0, 0.1) is 0 Å². The molecule has 0 saturated carbocycles. The highest BCUT2D eigenvalue weighted by atomic mass is 35.5. The van der Waals surface area contributed by atoms with Crippen molar-refractivity contribution in [3.8, 4) is 5.75 Å². The lowest BCUT2D eigenvalue weighted by Gasteiger charge is -2.16. The van der Waals surface area contributed by atoms with Gasteiger partial charge in [-0.15, -0.1) is 5.10 Å². The fourth-order valence-electron chi connectivity index (χ4n) is 3.46. The largest absolute Gasteiger partial charge is 0.468 e. The molecule has 0 aliphatic rings. The molecule has 0 bridgehead atoms. The molecular formula is C23H20Cl2N4O3. The number of hydrogen-bond donors (Lipinski definition) is 2. The second-order valence-electron chi connectivity index (χ2n) is 7.24. The molecular weight excluding hydrogens is 451 g/mol. The molecule has 0 aliphatic carbocycles. The predicted octanol–water partition coefficient (Wildman–Crippen LogP) is 4.61. The third-order valence-corrected chi connectivity index (χ3v) is 5.45. The molecule has 4 rings (SSSR count). The molecule has 0 fully saturated rings. The van der Waals surface area contributed by atoms with Crippen LogP contribution in [0.3, 0.4) is 0 Å². The third-order valence-electron chi connectivity index (χ3n) is 5.00. The highest BCUT2D eigenvalue weighted by Gasteiger charge is 2.19. The van der Waals surface area contributed by atoms with Crippen LogP contribution < -0.4 is 10.1 Å². The summed E-state index contributed by atoms with van der Waals surface area (Å²) in [6, 6.07) is 17.6. The van der Waals surface area contributed by atoms with E-state index in [-0.39, 0.29) is 11.9 Å². The van der Waals surface area contributed by atoms with Gasteiger partial charge in [-0.2, -0.15) is 0 Å². The van der Waals surface area contributed by atoms with Crippen LogP contribution in [-0.4, -0.2) is 32.8 Å². The maximum atomic E-state index is 13.2. The molecule has 1 aromatic heterocycles. The van der Waals surface area contributed by atoms with Crippen LogP contribution in [0.2, 0.25) is 10.0 Å². The fraction of sp³-hybridized carbons (Fsp3) is 0.174. The Balaban J connectivity index is 1.62. The molecule has 3 aromatic carbocycles. The average Bonchev–Trinajstić information content (AvgIpc) is 3.16. The summed E-state index contributed by atoms with van der Waals surface area (Å²) in [6.07, 6.45) is 0. The van der Waals surface area contributed by atoms with Gasteiger partial charge in [0, 0.05) is 10.0 Å². The van der Waals surface area contributed by atoms with Crippen molar-refractivity contribution in [3.63, 3.8) is 0 Å². The minimum Gasteiger partial charge on any atom is -0.468 e. The second kappa shape index (κ2) is 9.56. The number of benzene rings is 3. The molecule has 1 amide bonds. The molecule has 164 valence electrons. The van der Waals surface area contributed by atoms with E-state index >= 15 is 0 Å². The van der Waals surface area contributed by atoms with E-state index in [0.717, 1.165) is 11.1 Å². The number of carbonyl (C=O) groups excluding carboxylic acids is 1. The SMILES string of the molecule is C[C@H](NC(=O)c1cc(Cl)cc2nnn(Cc3cccc(Cl)c3)c12)c1ccc(OCO)cc1. The number of nitrogens with zero attached hydrogens (tertiary/aromatic N) is 3. The van der Waals surface area contributed by atoms with Crippen molar-refractivity contribution in [1.29, 1.82) is 0 Å². The molecule has 32 heavy (non-hydrogen) atoms. The molecule has 9 heteroatoms. The molecule has 2 N–H and O–H groups in total. The maximum Gasteiger partial charge on any atom is 0.254 e. The molecule has 0 aliphatic heterocycles. The molecule has 1 heterocycles. The van der Waals surface area contributed by atoms with Gasteiger partial charge in [0.25, 0.3) is 5.91 Å². The Hall–Kier alpha value is -3.13. The Bertz CT molecular complexity index is 1260. The Morgan fingerprint density at radius 2 is 1.91 bits per heavy atom. The summed E-state index contributed by atoms with van der Waals surface area (Å²) in [5.74, 6) is 0.248. The van der Waals surface area contributed by atoms with Crippen LogP contribution in [-0.2, 0) is 6.54 Å². The minimum absolute atomic E-state index is 0.281. The van der Waals surface area contributed by atoms with E-state index < -0.39 is 6.79 Å². The van der Waals surface area contributed by atoms with Gasteiger partial charge in [-0.25, -0.2) is 4.68 Å². The first-order valence-corrected chi connectivity index (χ1v) is 10.6. The van der Waals surface area contributed by atoms with Gasteiger partial charge in [0.15, 0.2) is 6.79 Å². The summed E-state index contributed by atoms with van der Waals surface area (Å²) >= 11 is 12.4. The van der Waals surface area contributed by atoms with Crippen LogP contribution in [0.1, 0.15) is 34.5 Å². The number of fused-ring (bicyclic) bond motifs is 1. The van der Waals surface area contributed by atoms with Crippen molar-refractivity contribution in [2.24, 2.45) is 0 Å². The average molecular weight is 471 g/mol. The van der Waals surface area contributed by atoms with Gasteiger partial charge < -0.3 is 15.2 Å². The summed E-state index contributed by atoms with van der Waals surface area (Å²) in [6.45, 7) is 1.89. The van der Waals surface area contributed by atoms with Crippen LogP contribution in [0.5, 0.6) is 5.75 Å². The summed E-state index contributed by atoms with van der Waals surface area (Å²) in [5, 5.41) is 21.3. The zero-order valence-electron chi connectivity index (χ0n) is 17.1. The number of rotatable bonds is 7. The number of hydrogen-bond acceptors (Lipinski definition) is 5. The fourth-order valence-corrected chi connectivity index (χ4v) is 3.88. The smallest absolute Gasteiger partial charge is 0.254 e. The summed E-state index contributed by atoms with van der Waals surface area (Å²) in [4.78, 5) is 13.2. The Kier molecular flexibility index (Phi) is 6.60. The standard InChI is InChI=1S/C23H20Cl2N4O3/c1-14(16-5-7-19(8-6-16)32-13-30)26-23(31)20-10-18(25)11-21-22(20)29(28-27-21)12-15-3-2-4-17(24)9-15/h2-11,14,30H,12-13H2,1H3,(H,26,31)/t14-/m0/s1. The quantitative estimate of drug-likeness (QED) is 0.385. The monoisotopic (exact) mass is 470 g/mol. The number of ether oxygens (including phenoxy) is 1. The van der Waals surface area contributed by atoms with Crippen LogP contribution >= 0.6 is 23.2 Å². The van der Waals surface area contributed by atoms with E-state index in [2.05, 4.69) is 15.6 Å². The van der Waals surface area contributed by atoms with Gasteiger partial charge in [0.1, 0.15) is 16.8 Å². The molecule has 7 nitrogen and oxygen atoms in total. The minimum atomic E-state index is -0.396. The van der Waals surface area contributed by atoms with Gasteiger partial charge in [-0.05, 0) is 54.4 Å². The molecule has 1 atom stereocenters. The molecule has 4 aromatic rings. The highest BCUT2D eigenvalue weighted by molar-refractivity contribution is 6.32. The van der Waals surface area contributed by atoms with Gasteiger partial charge in [-0.3, -0.25) is 4.79 Å². The van der Waals surface area contributed by atoms with Gasteiger partial charge in [-0.1, -0.05) is 52.7 Å². The number of nitrogens with one attached hydrogen (secondary N) is 1. The molecule has 0 saturated heterocycles. The van der Waals surface area contributed by atoms with Gasteiger partial charge in [0.2, 0.25) is 0 Å². The predicted molar refractivity (Wildman–Crippen MR) is 123 cm³/mol. The first kappa shape index (κ1) is 22.1. The normalized spacial score (nSPS) is 12.0. The Morgan fingerprint density at radius 1 is 1.12 bits per heavy atom. The van der Waals surface area contributed by atoms with Crippen LogP contribution in [0.15, 0.2) is 60.7 Å². The number of amides is 1. The number of aliphatic hydroxyl groups is 1. The Morgan fingerprint density at radius 3 is 2.62 bits per heavy atom. The maximum absolute atomic E-state index is 13.2. The van der Waals surface area contributed by atoms with Crippen LogP contribution in [0.4, 0.5) is 0 Å². The lowest BCUT2D eigenvalue weighted by Crippen LogP contribution is -2.27. The van der Waals surface area contributed by atoms with E-state index in [9.17, 15) is 4.79 Å². The number of aromatic nitrogens is 3. The van der Waals surface area contributed by atoms with Crippen molar-refractivity contribution in [3.05, 3.63) is 87.4 Å². The summed E-state index contributed by atoms with van der Waals surface area (Å²) < 4.78 is 6.71. The molecule has 0 unspecified atom stereocenters. The van der Waals surface area contributed by atoms with E-state index in [1.807, 2.05) is 37.3 Å². The highest BCUT2D eigenvalue weighted by Crippen LogP contribution is 2.25. The Labute approximate surface area is 194 Å². The lowest BCUT2D eigenvalue weighted by atomic mass is 10.1. The topological polar surface area (TPSA) is 89.3 Å². The van der Waals surface area contributed by atoms with E-state index in [1.54, 1.807) is 35.0 Å². The van der Waals surface area contributed by atoms with Crippen molar-refractivity contribution < 1.29 is 14.6 Å². The molecule has 0 radical (unpaired) electrons. The zero-order chi connectivity index (χ0) is 22.7. The van der Waals surface area contributed by atoms with Crippen molar-refractivity contribution in [2.75, 3.05) is 6.79 Å². The number of aliphatic hydroxyl groups excluding tert-OH is 1. The first-order valence-electron chi connectivity index (χ1n) is 9.86.